The van der Waals surface area contributed by atoms with Crippen LogP contribution in [0.5, 0.6) is 0 Å². The van der Waals surface area contributed by atoms with Gasteiger partial charge in [0, 0.05) is 42.9 Å². The number of hydrogen-bond acceptors (Lipinski definition) is 3. The maximum absolute atomic E-state index is 12.5. The van der Waals surface area contributed by atoms with E-state index in [4.69, 9.17) is 0 Å². The van der Waals surface area contributed by atoms with Crippen LogP contribution in [0.2, 0.25) is 0 Å². The molecule has 96 valence electrons. The standard InChI is InChI=1S/C13H16N2O2S/c16-12-4-3-10(11-2-1-5-15(11)12)13(17)14-6-8-18-9-7-14/h3-4H,1-2,5-9H2. The highest BCUT2D eigenvalue weighted by atomic mass is 32.2. The van der Waals surface area contributed by atoms with E-state index in [1.807, 2.05) is 16.7 Å². The lowest BCUT2D eigenvalue weighted by molar-refractivity contribution is 0.0770. The molecule has 0 N–H and O–H groups in total. The molecule has 0 aliphatic carbocycles. The van der Waals surface area contributed by atoms with Gasteiger partial charge >= 0.3 is 0 Å². The number of nitrogens with zero attached hydrogens (tertiary/aromatic N) is 2. The summed E-state index contributed by atoms with van der Waals surface area (Å²) in [5.41, 5.74) is 1.69. The van der Waals surface area contributed by atoms with Crippen molar-refractivity contribution in [3.63, 3.8) is 0 Å². The fourth-order valence-corrected chi connectivity index (χ4v) is 3.57. The molecular formula is C13H16N2O2S. The van der Waals surface area contributed by atoms with Crippen molar-refractivity contribution in [3.05, 3.63) is 33.7 Å². The molecule has 1 aromatic rings. The second-order valence-electron chi connectivity index (χ2n) is 4.69. The van der Waals surface area contributed by atoms with Crippen molar-refractivity contribution in [1.29, 1.82) is 0 Å². The van der Waals surface area contributed by atoms with Gasteiger partial charge in [-0.1, -0.05) is 0 Å². The first-order valence-electron chi connectivity index (χ1n) is 6.37. The van der Waals surface area contributed by atoms with Gasteiger partial charge < -0.3 is 9.47 Å². The van der Waals surface area contributed by atoms with Crippen molar-refractivity contribution < 1.29 is 4.79 Å². The number of aromatic nitrogens is 1. The van der Waals surface area contributed by atoms with Gasteiger partial charge in [0.2, 0.25) is 0 Å². The molecule has 0 atom stereocenters. The molecule has 1 fully saturated rings. The van der Waals surface area contributed by atoms with Crippen LogP contribution < -0.4 is 5.56 Å². The first-order valence-corrected chi connectivity index (χ1v) is 7.52. The van der Waals surface area contributed by atoms with Crippen molar-refractivity contribution in [1.82, 2.24) is 9.47 Å². The fraction of sp³-hybridized carbons (Fsp3) is 0.538. The Hall–Kier alpha value is -1.23. The topological polar surface area (TPSA) is 42.3 Å². The highest BCUT2D eigenvalue weighted by molar-refractivity contribution is 7.99. The van der Waals surface area contributed by atoms with Crippen LogP contribution in [0.15, 0.2) is 16.9 Å². The van der Waals surface area contributed by atoms with Crippen LogP contribution in [0.1, 0.15) is 22.5 Å². The highest BCUT2D eigenvalue weighted by Crippen LogP contribution is 2.19. The second kappa shape index (κ2) is 4.80. The molecule has 5 heteroatoms. The molecule has 0 unspecified atom stereocenters. The summed E-state index contributed by atoms with van der Waals surface area (Å²) in [6, 6.07) is 3.24. The van der Waals surface area contributed by atoms with Crippen molar-refractivity contribution in [2.75, 3.05) is 24.6 Å². The Morgan fingerprint density at radius 3 is 2.72 bits per heavy atom. The number of fused-ring (bicyclic) bond motifs is 1. The van der Waals surface area contributed by atoms with Crippen molar-refractivity contribution >= 4 is 17.7 Å². The summed E-state index contributed by atoms with van der Waals surface area (Å²) in [4.78, 5) is 26.1. The molecule has 0 aromatic carbocycles. The van der Waals surface area contributed by atoms with Crippen molar-refractivity contribution in [2.45, 2.75) is 19.4 Å². The van der Waals surface area contributed by atoms with E-state index in [1.54, 1.807) is 10.6 Å². The number of carbonyl (C=O) groups excluding carboxylic acids is 1. The van der Waals surface area contributed by atoms with Crippen LogP contribution in [0, 0.1) is 0 Å². The van der Waals surface area contributed by atoms with E-state index < -0.39 is 0 Å². The van der Waals surface area contributed by atoms with E-state index in [0.29, 0.717) is 0 Å². The molecule has 0 bridgehead atoms. The SMILES string of the molecule is O=C(c1ccc(=O)n2c1CCC2)N1CCSCC1. The van der Waals surface area contributed by atoms with Gasteiger partial charge in [0.05, 0.1) is 5.56 Å². The predicted octanol–water partition coefficient (Wildman–Crippen LogP) is 0.983. The fourth-order valence-electron chi connectivity index (χ4n) is 2.67. The second-order valence-corrected chi connectivity index (χ2v) is 5.92. The molecule has 18 heavy (non-hydrogen) atoms. The third-order valence-electron chi connectivity index (χ3n) is 3.62. The Morgan fingerprint density at radius 1 is 1.17 bits per heavy atom. The molecule has 1 aromatic heterocycles. The lowest BCUT2D eigenvalue weighted by Gasteiger charge is -2.27. The molecular weight excluding hydrogens is 248 g/mol. The maximum Gasteiger partial charge on any atom is 0.255 e. The van der Waals surface area contributed by atoms with Crippen LogP contribution >= 0.6 is 11.8 Å². The molecule has 3 heterocycles. The van der Waals surface area contributed by atoms with Crippen LogP contribution in [0.4, 0.5) is 0 Å². The zero-order chi connectivity index (χ0) is 12.5. The van der Waals surface area contributed by atoms with Gasteiger partial charge in [-0.05, 0) is 18.9 Å². The van der Waals surface area contributed by atoms with E-state index in [9.17, 15) is 9.59 Å². The summed E-state index contributed by atoms with van der Waals surface area (Å²) < 4.78 is 1.76. The highest BCUT2D eigenvalue weighted by Gasteiger charge is 2.24. The van der Waals surface area contributed by atoms with Gasteiger partial charge in [0.1, 0.15) is 0 Å². The minimum Gasteiger partial charge on any atom is -0.337 e. The van der Waals surface area contributed by atoms with Crippen molar-refractivity contribution in [2.24, 2.45) is 0 Å². The number of rotatable bonds is 1. The van der Waals surface area contributed by atoms with Gasteiger partial charge in [-0.15, -0.1) is 0 Å². The number of hydrogen-bond donors (Lipinski definition) is 0. The van der Waals surface area contributed by atoms with Crippen LogP contribution in [-0.2, 0) is 13.0 Å². The Bertz CT molecular complexity index is 532. The molecule has 0 saturated carbocycles. The van der Waals surface area contributed by atoms with E-state index in [2.05, 4.69) is 0 Å². The van der Waals surface area contributed by atoms with Crippen LogP contribution in [0.3, 0.4) is 0 Å². The van der Waals surface area contributed by atoms with Crippen molar-refractivity contribution in [3.8, 4) is 0 Å². The molecule has 4 nitrogen and oxygen atoms in total. The van der Waals surface area contributed by atoms with Gasteiger partial charge in [-0.25, -0.2) is 0 Å². The normalized spacial score (nSPS) is 18.8. The van der Waals surface area contributed by atoms with E-state index >= 15 is 0 Å². The summed E-state index contributed by atoms with van der Waals surface area (Å²) in [6.45, 7) is 2.40. The number of amides is 1. The summed E-state index contributed by atoms with van der Waals surface area (Å²) in [7, 11) is 0. The summed E-state index contributed by atoms with van der Waals surface area (Å²) >= 11 is 1.89. The summed E-state index contributed by atoms with van der Waals surface area (Å²) in [5.74, 6) is 2.13. The Balaban J connectivity index is 1.95. The zero-order valence-corrected chi connectivity index (χ0v) is 11.0. The maximum atomic E-state index is 12.5. The average molecular weight is 264 g/mol. The molecule has 2 aliphatic heterocycles. The quantitative estimate of drug-likeness (QED) is 0.759. The van der Waals surface area contributed by atoms with Gasteiger partial charge in [-0.2, -0.15) is 11.8 Å². The zero-order valence-electron chi connectivity index (χ0n) is 10.2. The minimum atomic E-state index is 0.0215. The van der Waals surface area contributed by atoms with E-state index in [-0.39, 0.29) is 11.5 Å². The van der Waals surface area contributed by atoms with Gasteiger partial charge in [0.15, 0.2) is 0 Å². The van der Waals surface area contributed by atoms with Crippen LogP contribution in [-0.4, -0.2) is 40.0 Å². The molecule has 2 aliphatic rings. The third kappa shape index (κ3) is 1.96. The summed E-state index contributed by atoms with van der Waals surface area (Å²) in [5, 5.41) is 0. The third-order valence-corrected chi connectivity index (χ3v) is 4.56. The van der Waals surface area contributed by atoms with Crippen LogP contribution in [0.25, 0.3) is 0 Å². The van der Waals surface area contributed by atoms with Gasteiger partial charge in [0.25, 0.3) is 11.5 Å². The molecule has 0 radical (unpaired) electrons. The molecule has 3 rings (SSSR count). The number of thioether (sulfide) groups is 1. The van der Waals surface area contributed by atoms with E-state index in [1.165, 1.54) is 6.07 Å². The monoisotopic (exact) mass is 264 g/mol. The Labute approximate surface area is 110 Å². The Kier molecular flexibility index (Phi) is 3.16. The van der Waals surface area contributed by atoms with Gasteiger partial charge in [-0.3, -0.25) is 9.59 Å². The molecule has 0 spiro atoms. The smallest absolute Gasteiger partial charge is 0.255 e. The number of pyridine rings is 1. The largest absolute Gasteiger partial charge is 0.337 e. The first kappa shape index (κ1) is 11.8. The summed E-state index contributed by atoms with van der Waals surface area (Å²) in [6.07, 6.45) is 1.81. The molecule has 1 saturated heterocycles. The lowest BCUT2D eigenvalue weighted by atomic mass is 10.1. The first-order chi connectivity index (χ1) is 8.77. The Morgan fingerprint density at radius 2 is 1.94 bits per heavy atom. The minimum absolute atomic E-state index is 0.0215. The molecule has 1 amide bonds. The number of carbonyl (C=O) groups is 1. The van der Waals surface area contributed by atoms with E-state index in [0.717, 1.165) is 55.2 Å². The predicted molar refractivity (Wildman–Crippen MR) is 72.3 cm³/mol. The average Bonchev–Trinajstić information content (AvgIpc) is 2.90. The lowest BCUT2D eigenvalue weighted by Crippen LogP contribution is -2.39.